The van der Waals surface area contributed by atoms with Gasteiger partial charge in [0.25, 0.3) is 6.43 Å². The van der Waals surface area contributed by atoms with E-state index in [0.29, 0.717) is 10.9 Å². The molecule has 0 radical (unpaired) electrons. The van der Waals surface area contributed by atoms with Crippen LogP contribution in [0.3, 0.4) is 0 Å². The maximum Gasteiger partial charge on any atom is 0.263 e. The van der Waals surface area contributed by atoms with Gasteiger partial charge in [-0.05, 0) is 49.5 Å². The van der Waals surface area contributed by atoms with Crippen LogP contribution >= 0.6 is 11.6 Å². The summed E-state index contributed by atoms with van der Waals surface area (Å²) in [6.07, 6.45) is -0.489. The van der Waals surface area contributed by atoms with Crippen molar-refractivity contribution in [3.63, 3.8) is 0 Å². The molecule has 0 atom stereocenters. The first kappa shape index (κ1) is 11.8. The number of piperidine rings is 1. The lowest BCUT2D eigenvalue weighted by molar-refractivity contribution is 0.151. The molecule has 1 aromatic rings. The molecule has 16 heavy (non-hydrogen) atoms. The van der Waals surface area contributed by atoms with Gasteiger partial charge in [-0.15, -0.1) is 0 Å². The molecule has 1 aliphatic rings. The van der Waals surface area contributed by atoms with Crippen LogP contribution < -0.4 is 5.32 Å². The van der Waals surface area contributed by atoms with E-state index in [2.05, 4.69) is 5.32 Å². The van der Waals surface area contributed by atoms with Crippen molar-refractivity contribution >= 4 is 11.6 Å². The minimum atomic E-state index is -2.42. The van der Waals surface area contributed by atoms with Gasteiger partial charge in [0.05, 0.1) is 0 Å². The molecule has 0 unspecified atom stereocenters. The Bertz CT molecular complexity index is 362. The highest BCUT2D eigenvalue weighted by Gasteiger charge is 2.19. The van der Waals surface area contributed by atoms with E-state index in [4.69, 9.17) is 11.6 Å². The first-order valence-electron chi connectivity index (χ1n) is 5.46. The first-order valence-corrected chi connectivity index (χ1v) is 5.84. The van der Waals surface area contributed by atoms with E-state index in [0.717, 1.165) is 31.5 Å². The Morgan fingerprint density at radius 1 is 1.25 bits per heavy atom. The second kappa shape index (κ2) is 5.11. The maximum atomic E-state index is 12.6. The Hall–Kier alpha value is -0.670. The standard InChI is InChI=1S/C12H14ClF2N/c13-11-2-1-9(12(14)15)7-10(11)8-3-5-16-6-4-8/h1-2,7-8,12,16H,3-6H2. The third kappa shape index (κ3) is 2.53. The molecule has 1 fully saturated rings. The van der Waals surface area contributed by atoms with Crippen LogP contribution in [0.25, 0.3) is 0 Å². The van der Waals surface area contributed by atoms with Crippen LogP contribution in [-0.2, 0) is 0 Å². The number of nitrogens with one attached hydrogen (secondary N) is 1. The van der Waals surface area contributed by atoms with Crippen LogP contribution in [0.15, 0.2) is 18.2 Å². The van der Waals surface area contributed by atoms with Crippen molar-refractivity contribution in [1.29, 1.82) is 0 Å². The van der Waals surface area contributed by atoms with Gasteiger partial charge >= 0.3 is 0 Å². The van der Waals surface area contributed by atoms with Crippen LogP contribution in [0.2, 0.25) is 5.02 Å². The summed E-state index contributed by atoms with van der Waals surface area (Å²) < 4.78 is 25.2. The summed E-state index contributed by atoms with van der Waals surface area (Å²) in [4.78, 5) is 0. The Kier molecular flexibility index (Phi) is 3.77. The zero-order chi connectivity index (χ0) is 11.5. The molecule has 1 aliphatic heterocycles. The van der Waals surface area contributed by atoms with Gasteiger partial charge < -0.3 is 5.32 Å². The molecule has 1 saturated heterocycles. The average Bonchev–Trinajstić information content (AvgIpc) is 2.30. The van der Waals surface area contributed by atoms with Crippen molar-refractivity contribution in [2.45, 2.75) is 25.2 Å². The van der Waals surface area contributed by atoms with E-state index >= 15 is 0 Å². The summed E-state index contributed by atoms with van der Waals surface area (Å²) in [6.45, 7) is 1.86. The number of hydrogen-bond donors (Lipinski definition) is 1. The number of halogens is 3. The quantitative estimate of drug-likeness (QED) is 0.837. The molecule has 4 heteroatoms. The fourth-order valence-corrected chi connectivity index (χ4v) is 2.42. The molecular formula is C12H14ClF2N. The van der Waals surface area contributed by atoms with Crippen molar-refractivity contribution < 1.29 is 8.78 Å². The topological polar surface area (TPSA) is 12.0 Å². The fourth-order valence-electron chi connectivity index (χ4n) is 2.14. The first-order chi connectivity index (χ1) is 7.68. The van der Waals surface area contributed by atoms with Gasteiger partial charge in [0.2, 0.25) is 0 Å². The van der Waals surface area contributed by atoms with Gasteiger partial charge in [-0.1, -0.05) is 17.7 Å². The van der Waals surface area contributed by atoms with Crippen molar-refractivity contribution in [3.05, 3.63) is 34.3 Å². The third-order valence-electron chi connectivity index (χ3n) is 3.05. The Labute approximate surface area is 98.8 Å². The van der Waals surface area contributed by atoms with E-state index < -0.39 is 6.43 Å². The largest absolute Gasteiger partial charge is 0.317 e. The molecule has 0 spiro atoms. The smallest absolute Gasteiger partial charge is 0.263 e. The van der Waals surface area contributed by atoms with E-state index in [-0.39, 0.29) is 5.56 Å². The molecule has 0 bridgehead atoms. The second-order valence-corrected chi connectivity index (χ2v) is 4.51. The molecule has 1 nitrogen and oxygen atoms in total. The van der Waals surface area contributed by atoms with Gasteiger partial charge in [0.15, 0.2) is 0 Å². The van der Waals surface area contributed by atoms with E-state index in [1.54, 1.807) is 12.1 Å². The molecule has 1 heterocycles. The highest BCUT2D eigenvalue weighted by Crippen LogP contribution is 2.33. The SMILES string of the molecule is FC(F)c1ccc(Cl)c(C2CCNCC2)c1. The lowest BCUT2D eigenvalue weighted by Crippen LogP contribution is -2.26. The second-order valence-electron chi connectivity index (χ2n) is 4.11. The van der Waals surface area contributed by atoms with Gasteiger partial charge in [0.1, 0.15) is 0 Å². The summed E-state index contributed by atoms with van der Waals surface area (Å²) in [5.41, 5.74) is 0.943. The fraction of sp³-hybridized carbons (Fsp3) is 0.500. The minimum absolute atomic E-state index is 0.0675. The molecular weight excluding hydrogens is 232 g/mol. The van der Waals surface area contributed by atoms with Crippen molar-refractivity contribution in [1.82, 2.24) is 5.32 Å². The molecule has 88 valence electrons. The normalized spacial score (nSPS) is 18.0. The maximum absolute atomic E-state index is 12.6. The zero-order valence-electron chi connectivity index (χ0n) is 8.85. The monoisotopic (exact) mass is 245 g/mol. The van der Waals surface area contributed by atoms with Gasteiger partial charge in [-0.2, -0.15) is 0 Å². The molecule has 0 amide bonds. The minimum Gasteiger partial charge on any atom is -0.317 e. The van der Waals surface area contributed by atoms with Crippen molar-refractivity contribution in [3.8, 4) is 0 Å². The Morgan fingerprint density at radius 2 is 1.94 bits per heavy atom. The van der Waals surface area contributed by atoms with E-state index in [1.165, 1.54) is 6.07 Å². The number of hydrogen-bond acceptors (Lipinski definition) is 1. The molecule has 0 saturated carbocycles. The third-order valence-corrected chi connectivity index (χ3v) is 3.40. The van der Waals surface area contributed by atoms with E-state index in [1.807, 2.05) is 0 Å². The number of benzene rings is 1. The highest BCUT2D eigenvalue weighted by atomic mass is 35.5. The summed E-state index contributed by atoms with van der Waals surface area (Å²) in [7, 11) is 0. The van der Waals surface area contributed by atoms with Gasteiger partial charge in [0, 0.05) is 10.6 Å². The van der Waals surface area contributed by atoms with Crippen LogP contribution in [0.4, 0.5) is 8.78 Å². The molecule has 1 aromatic carbocycles. The van der Waals surface area contributed by atoms with E-state index in [9.17, 15) is 8.78 Å². The summed E-state index contributed by atoms with van der Waals surface area (Å²) in [5, 5.41) is 3.86. The lowest BCUT2D eigenvalue weighted by atomic mass is 9.89. The molecule has 0 aromatic heterocycles. The molecule has 2 rings (SSSR count). The predicted molar refractivity (Wildman–Crippen MR) is 61.3 cm³/mol. The van der Waals surface area contributed by atoms with Crippen molar-refractivity contribution in [2.24, 2.45) is 0 Å². The van der Waals surface area contributed by atoms with Gasteiger partial charge in [-0.25, -0.2) is 8.78 Å². The number of alkyl halides is 2. The molecule has 1 N–H and O–H groups in total. The zero-order valence-corrected chi connectivity index (χ0v) is 9.61. The number of rotatable bonds is 2. The summed E-state index contributed by atoms with van der Waals surface area (Å²) >= 11 is 6.07. The van der Waals surface area contributed by atoms with Crippen LogP contribution in [-0.4, -0.2) is 13.1 Å². The lowest BCUT2D eigenvalue weighted by Gasteiger charge is -2.24. The van der Waals surface area contributed by atoms with Crippen LogP contribution in [0.5, 0.6) is 0 Å². The Balaban J connectivity index is 2.27. The predicted octanol–water partition coefficient (Wildman–Crippen LogP) is 3.74. The molecule has 0 aliphatic carbocycles. The average molecular weight is 246 g/mol. The Morgan fingerprint density at radius 3 is 2.56 bits per heavy atom. The van der Waals surface area contributed by atoms with Gasteiger partial charge in [-0.3, -0.25) is 0 Å². The van der Waals surface area contributed by atoms with Crippen LogP contribution in [0.1, 0.15) is 36.3 Å². The van der Waals surface area contributed by atoms with Crippen LogP contribution in [0, 0.1) is 0 Å². The highest BCUT2D eigenvalue weighted by molar-refractivity contribution is 6.31. The summed E-state index contributed by atoms with van der Waals surface area (Å²) in [6, 6.07) is 4.54. The summed E-state index contributed by atoms with van der Waals surface area (Å²) in [5.74, 6) is 0.312. The van der Waals surface area contributed by atoms with Crippen molar-refractivity contribution in [2.75, 3.05) is 13.1 Å².